The Balaban J connectivity index is 1.43. The first-order chi connectivity index (χ1) is 14.5. The van der Waals surface area contributed by atoms with E-state index in [1.165, 1.54) is 0 Å². The molecule has 30 heavy (non-hydrogen) atoms. The molecular formula is C21H18BrN5O3. The van der Waals surface area contributed by atoms with Crippen LogP contribution in [0.1, 0.15) is 11.1 Å². The fourth-order valence-corrected chi connectivity index (χ4v) is 3.32. The van der Waals surface area contributed by atoms with Crippen molar-refractivity contribution in [3.05, 3.63) is 70.5 Å². The highest BCUT2D eigenvalue weighted by atomic mass is 79.9. The molecule has 9 heteroatoms. The summed E-state index contributed by atoms with van der Waals surface area (Å²) in [6.45, 7) is 1.93. The van der Waals surface area contributed by atoms with E-state index in [1.54, 1.807) is 42.2 Å². The van der Waals surface area contributed by atoms with Crippen molar-refractivity contribution < 1.29 is 14.3 Å². The SMILES string of the molecule is COc1ccn2nc(NC(=O)Cc3ccc(Oc4ncccc4C)c(Br)c3)nc2c1. The maximum absolute atomic E-state index is 12.4. The average molecular weight is 468 g/mol. The van der Waals surface area contributed by atoms with Crippen molar-refractivity contribution in [2.45, 2.75) is 13.3 Å². The molecule has 0 bridgehead atoms. The zero-order chi connectivity index (χ0) is 21.1. The lowest BCUT2D eigenvalue weighted by Gasteiger charge is -2.10. The lowest BCUT2D eigenvalue weighted by atomic mass is 10.1. The molecule has 0 aliphatic heterocycles. The van der Waals surface area contributed by atoms with Crippen molar-refractivity contribution in [1.82, 2.24) is 19.6 Å². The van der Waals surface area contributed by atoms with Gasteiger partial charge in [-0.05, 0) is 52.7 Å². The number of amides is 1. The Morgan fingerprint density at radius 3 is 2.87 bits per heavy atom. The lowest BCUT2D eigenvalue weighted by molar-refractivity contribution is -0.115. The van der Waals surface area contributed by atoms with Crippen LogP contribution in [0.25, 0.3) is 5.65 Å². The molecule has 1 aromatic carbocycles. The number of carbonyl (C=O) groups excluding carboxylic acids is 1. The molecule has 0 saturated heterocycles. The van der Waals surface area contributed by atoms with E-state index in [1.807, 2.05) is 31.2 Å². The van der Waals surface area contributed by atoms with Gasteiger partial charge in [0.2, 0.25) is 17.7 Å². The van der Waals surface area contributed by atoms with Crippen molar-refractivity contribution in [3.63, 3.8) is 0 Å². The highest BCUT2D eigenvalue weighted by Gasteiger charge is 2.12. The molecule has 0 aliphatic carbocycles. The molecule has 0 spiro atoms. The maximum atomic E-state index is 12.4. The summed E-state index contributed by atoms with van der Waals surface area (Å²) < 4.78 is 13.3. The fourth-order valence-electron chi connectivity index (χ4n) is 2.82. The second kappa shape index (κ2) is 8.50. The molecule has 4 aromatic rings. The molecule has 8 nitrogen and oxygen atoms in total. The number of halogens is 1. The Hall–Kier alpha value is -3.46. The van der Waals surface area contributed by atoms with E-state index in [9.17, 15) is 4.79 Å². The summed E-state index contributed by atoms with van der Waals surface area (Å²) in [4.78, 5) is 21.0. The van der Waals surface area contributed by atoms with Gasteiger partial charge in [-0.25, -0.2) is 9.50 Å². The minimum Gasteiger partial charge on any atom is -0.497 e. The molecule has 3 aromatic heterocycles. The van der Waals surface area contributed by atoms with Gasteiger partial charge in [0, 0.05) is 24.0 Å². The number of rotatable bonds is 6. The third kappa shape index (κ3) is 4.41. The number of methoxy groups -OCH3 is 1. The van der Waals surface area contributed by atoms with E-state index in [0.29, 0.717) is 23.0 Å². The molecule has 152 valence electrons. The molecule has 0 fully saturated rings. The maximum Gasteiger partial charge on any atom is 0.249 e. The third-order valence-electron chi connectivity index (χ3n) is 4.32. The van der Waals surface area contributed by atoms with Gasteiger partial charge in [0.15, 0.2) is 5.65 Å². The largest absolute Gasteiger partial charge is 0.497 e. The minimum absolute atomic E-state index is 0.167. The molecule has 0 aliphatic rings. The Kier molecular flexibility index (Phi) is 5.62. The summed E-state index contributed by atoms with van der Waals surface area (Å²) in [7, 11) is 1.58. The number of ether oxygens (including phenoxy) is 2. The van der Waals surface area contributed by atoms with Crippen LogP contribution in [0.2, 0.25) is 0 Å². The van der Waals surface area contributed by atoms with Gasteiger partial charge in [0.1, 0.15) is 11.5 Å². The first kappa shape index (κ1) is 19.8. The summed E-state index contributed by atoms with van der Waals surface area (Å²) in [5.74, 6) is 1.84. The van der Waals surface area contributed by atoms with Crippen molar-refractivity contribution in [1.29, 1.82) is 0 Å². The number of fused-ring (bicyclic) bond motifs is 1. The van der Waals surface area contributed by atoms with Crippen LogP contribution >= 0.6 is 15.9 Å². The van der Waals surface area contributed by atoms with Gasteiger partial charge in [-0.1, -0.05) is 12.1 Å². The van der Waals surface area contributed by atoms with E-state index in [4.69, 9.17) is 9.47 Å². The third-order valence-corrected chi connectivity index (χ3v) is 4.94. The van der Waals surface area contributed by atoms with Crippen molar-refractivity contribution in [2.75, 3.05) is 12.4 Å². The number of nitrogens with one attached hydrogen (secondary N) is 1. The predicted octanol–water partition coefficient (Wildman–Crippen LogP) is 4.18. The summed E-state index contributed by atoms with van der Waals surface area (Å²) in [5.41, 5.74) is 2.33. The van der Waals surface area contributed by atoms with Crippen LogP contribution in [0.4, 0.5) is 5.95 Å². The number of anilines is 1. The molecule has 3 heterocycles. The van der Waals surface area contributed by atoms with Gasteiger partial charge in [-0.15, -0.1) is 5.10 Å². The van der Waals surface area contributed by atoms with Crippen molar-refractivity contribution >= 4 is 33.4 Å². The van der Waals surface area contributed by atoms with Crippen LogP contribution in [0.5, 0.6) is 17.4 Å². The van der Waals surface area contributed by atoms with Crippen LogP contribution < -0.4 is 14.8 Å². The molecule has 4 rings (SSSR count). The van der Waals surface area contributed by atoms with E-state index in [-0.39, 0.29) is 18.3 Å². The highest BCUT2D eigenvalue weighted by Crippen LogP contribution is 2.31. The topological polar surface area (TPSA) is 90.6 Å². The molecule has 0 atom stereocenters. The Labute approximate surface area is 181 Å². The summed E-state index contributed by atoms with van der Waals surface area (Å²) in [6, 6.07) is 12.8. The first-order valence-corrected chi connectivity index (χ1v) is 9.89. The Morgan fingerprint density at radius 1 is 1.23 bits per heavy atom. The molecule has 0 radical (unpaired) electrons. The van der Waals surface area contributed by atoms with Gasteiger partial charge in [0.05, 0.1) is 18.0 Å². The number of hydrogen-bond donors (Lipinski definition) is 1. The molecule has 0 saturated carbocycles. The average Bonchev–Trinajstić information content (AvgIpc) is 3.12. The number of carbonyl (C=O) groups is 1. The zero-order valence-electron chi connectivity index (χ0n) is 16.3. The number of pyridine rings is 2. The normalized spacial score (nSPS) is 10.8. The smallest absolute Gasteiger partial charge is 0.249 e. The minimum atomic E-state index is -0.223. The second-order valence-corrected chi connectivity index (χ2v) is 7.38. The van der Waals surface area contributed by atoms with E-state index < -0.39 is 0 Å². The second-order valence-electron chi connectivity index (χ2n) is 6.52. The number of aryl methyl sites for hydroxylation is 1. The number of benzene rings is 1. The van der Waals surface area contributed by atoms with Gasteiger partial charge < -0.3 is 9.47 Å². The van der Waals surface area contributed by atoms with E-state index >= 15 is 0 Å². The van der Waals surface area contributed by atoms with Gasteiger partial charge in [-0.3, -0.25) is 10.1 Å². The van der Waals surface area contributed by atoms with Crippen molar-refractivity contribution in [2.24, 2.45) is 0 Å². The molecule has 0 unspecified atom stereocenters. The molecular weight excluding hydrogens is 450 g/mol. The van der Waals surface area contributed by atoms with Gasteiger partial charge in [0.25, 0.3) is 0 Å². The quantitative estimate of drug-likeness (QED) is 0.457. The monoisotopic (exact) mass is 467 g/mol. The number of aromatic nitrogens is 4. The Bertz CT molecular complexity index is 1220. The summed E-state index contributed by atoms with van der Waals surface area (Å²) in [5, 5.41) is 6.96. The van der Waals surface area contributed by atoms with Crippen LogP contribution in [0, 0.1) is 6.92 Å². The van der Waals surface area contributed by atoms with Crippen LogP contribution in [-0.4, -0.2) is 32.6 Å². The molecule has 1 amide bonds. The fraction of sp³-hybridized carbons (Fsp3) is 0.143. The van der Waals surface area contributed by atoms with Gasteiger partial charge in [-0.2, -0.15) is 4.98 Å². The van der Waals surface area contributed by atoms with Gasteiger partial charge >= 0.3 is 0 Å². The Morgan fingerprint density at radius 2 is 2.10 bits per heavy atom. The standard InChI is InChI=1S/C21H18BrN5O3/c1-13-4-3-8-23-20(13)30-17-6-5-14(10-16(17)22)11-19(28)25-21-24-18-12-15(29-2)7-9-27(18)26-21/h3-10,12H,11H2,1-2H3,(H,25,26,28). The predicted molar refractivity (Wildman–Crippen MR) is 115 cm³/mol. The van der Waals surface area contributed by atoms with E-state index in [2.05, 4.69) is 36.3 Å². The van der Waals surface area contributed by atoms with Crippen LogP contribution in [-0.2, 0) is 11.2 Å². The first-order valence-electron chi connectivity index (χ1n) is 9.10. The van der Waals surface area contributed by atoms with Crippen LogP contribution in [0.15, 0.2) is 59.3 Å². The molecule has 1 N–H and O–H groups in total. The number of hydrogen-bond acceptors (Lipinski definition) is 6. The van der Waals surface area contributed by atoms with Crippen molar-refractivity contribution in [3.8, 4) is 17.4 Å². The summed E-state index contributed by atoms with van der Waals surface area (Å²) >= 11 is 3.50. The van der Waals surface area contributed by atoms with E-state index in [0.717, 1.165) is 15.6 Å². The summed E-state index contributed by atoms with van der Waals surface area (Å²) in [6.07, 6.45) is 3.56. The van der Waals surface area contributed by atoms with Crippen LogP contribution in [0.3, 0.4) is 0 Å². The lowest BCUT2D eigenvalue weighted by Crippen LogP contribution is -2.15. The number of nitrogens with zero attached hydrogens (tertiary/aromatic N) is 4. The zero-order valence-corrected chi connectivity index (χ0v) is 17.9. The highest BCUT2D eigenvalue weighted by molar-refractivity contribution is 9.10.